The van der Waals surface area contributed by atoms with Gasteiger partial charge < -0.3 is 5.32 Å². The van der Waals surface area contributed by atoms with Crippen LogP contribution in [0.3, 0.4) is 0 Å². The molecule has 0 fully saturated rings. The highest BCUT2D eigenvalue weighted by Crippen LogP contribution is 2.25. The molecule has 0 saturated heterocycles. The van der Waals surface area contributed by atoms with E-state index in [2.05, 4.69) is 57.3 Å². The molecule has 1 heteroatoms. The highest BCUT2D eigenvalue weighted by atomic mass is 14.8. The van der Waals surface area contributed by atoms with Gasteiger partial charge in [0.15, 0.2) is 0 Å². The van der Waals surface area contributed by atoms with E-state index < -0.39 is 0 Å². The molecule has 0 aromatic heterocycles. The molecule has 1 nitrogen and oxygen atoms in total. The summed E-state index contributed by atoms with van der Waals surface area (Å²) in [6, 6.07) is 8.84. The molecule has 18 heavy (non-hydrogen) atoms. The van der Waals surface area contributed by atoms with Gasteiger partial charge in [-0.1, -0.05) is 51.5 Å². The topological polar surface area (TPSA) is 12.0 Å². The highest BCUT2D eigenvalue weighted by Gasteiger charge is 2.13. The van der Waals surface area contributed by atoms with Crippen LogP contribution in [0.25, 0.3) is 0 Å². The number of benzene rings is 1. The zero-order valence-electron chi connectivity index (χ0n) is 12.5. The van der Waals surface area contributed by atoms with Gasteiger partial charge in [0.1, 0.15) is 0 Å². The molecule has 1 aromatic rings. The second kappa shape index (κ2) is 8.31. The summed E-state index contributed by atoms with van der Waals surface area (Å²) in [4.78, 5) is 0. The van der Waals surface area contributed by atoms with Crippen LogP contribution in [-0.4, -0.2) is 13.1 Å². The lowest BCUT2D eigenvalue weighted by Crippen LogP contribution is -2.23. The standard InChI is InChI=1S/C17H29N/c1-5-12-18-13-16(11-10-14(2)3)17-9-7-6-8-15(17)4/h6-9,14,16,18H,5,10-13H2,1-4H3. The predicted molar refractivity (Wildman–Crippen MR) is 81.2 cm³/mol. The van der Waals surface area contributed by atoms with Crippen LogP contribution in [-0.2, 0) is 0 Å². The van der Waals surface area contributed by atoms with Crippen molar-refractivity contribution >= 4 is 0 Å². The van der Waals surface area contributed by atoms with E-state index in [0.717, 1.165) is 19.0 Å². The zero-order valence-corrected chi connectivity index (χ0v) is 12.5. The molecular formula is C17H29N. The molecule has 0 spiro atoms. The number of hydrogen-bond donors (Lipinski definition) is 1. The van der Waals surface area contributed by atoms with Crippen LogP contribution in [0.4, 0.5) is 0 Å². The molecule has 1 unspecified atom stereocenters. The Morgan fingerprint density at radius 3 is 2.44 bits per heavy atom. The van der Waals surface area contributed by atoms with Crippen molar-refractivity contribution in [3.8, 4) is 0 Å². The number of hydrogen-bond acceptors (Lipinski definition) is 1. The average Bonchev–Trinajstić information content (AvgIpc) is 2.34. The Morgan fingerprint density at radius 2 is 1.83 bits per heavy atom. The molecule has 0 bridgehead atoms. The second-order valence-electron chi connectivity index (χ2n) is 5.73. The van der Waals surface area contributed by atoms with Gasteiger partial charge in [-0.05, 0) is 49.3 Å². The quantitative estimate of drug-likeness (QED) is 0.666. The fraction of sp³-hybridized carbons (Fsp3) is 0.647. The van der Waals surface area contributed by atoms with Crippen molar-refractivity contribution in [2.45, 2.75) is 52.9 Å². The molecule has 0 aliphatic heterocycles. The van der Waals surface area contributed by atoms with Crippen molar-refractivity contribution in [1.82, 2.24) is 5.32 Å². The maximum atomic E-state index is 3.58. The average molecular weight is 247 g/mol. The summed E-state index contributed by atoms with van der Waals surface area (Å²) in [7, 11) is 0. The van der Waals surface area contributed by atoms with Gasteiger partial charge in [0, 0.05) is 6.54 Å². The van der Waals surface area contributed by atoms with E-state index in [1.165, 1.54) is 30.4 Å². The summed E-state index contributed by atoms with van der Waals surface area (Å²) in [6.07, 6.45) is 3.82. The monoisotopic (exact) mass is 247 g/mol. The Morgan fingerprint density at radius 1 is 1.11 bits per heavy atom. The Bertz CT molecular complexity index is 330. The molecule has 1 aromatic carbocycles. The Balaban J connectivity index is 2.66. The minimum absolute atomic E-state index is 0.667. The van der Waals surface area contributed by atoms with Gasteiger partial charge >= 0.3 is 0 Å². The first-order chi connectivity index (χ1) is 8.65. The van der Waals surface area contributed by atoms with Crippen LogP contribution in [0.15, 0.2) is 24.3 Å². The third kappa shape index (κ3) is 5.22. The molecule has 1 N–H and O–H groups in total. The summed E-state index contributed by atoms with van der Waals surface area (Å²) in [5.74, 6) is 1.46. The lowest BCUT2D eigenvalue weighted by atomic mass is 9.88. The van der Waals surface area contributed by atoms with Crippen LogP contribution < -0.4 is 5.32 Å². The van der Waals surface area contributed by atoms with Crippen LogP contribution in [0, 0.1) is 12.8 Å². The van der Waals surface area contributed by atoms with E-state index in [-0.39, 0.29) is 0 Å². The van der Waals surface area contributed by atoms with E-state index in [4.69, 9.17) is 0 Å². The van der Waals surface area contributed by atoms with E-state index in [1.807, 2.05) is 0 Å². The Kier molecular flexibility index (Phi) is 7.04. The van der Waals surface area contributed by atoms with Crippen molar-refractivity contribution in [2.24, 2.45) is 5.92 Å². The van der Waals surface area contributed by atoms with Gasteiger partial charge in [-0.15, -0.1) is 0 Å². The Hall–Kier alpha value is -0.820. The van der Waals surface area contributed by atoms with Crippen LogP contribution in [0.2, 0.25) is 0 Å². The predicted octanol–water partition coefficient (Wildman–Crippen LogP) is 4.51. The lowest BCUT2D eigenvalue weighted by Gasteiger charge is -2.21. The van der Waals surface area contributed by atoms with Crippen LogP contribution in [0.5, 0.6) is 0 Å². The first kappa shape index (κ1) is 15.2. The minimum Gasteiger partial charge on any atom is -0.316 e. The van der Waals surface area contributed by atoms with Crippen molar-refractivity contribution < 1.29 is 0 Å². The lowest BCUT2D eigenvalue weighted by molar-refractivity contribution is 0.475. The minimum atomic E-state index is 0.667. The first-order valence-corrected chi connectivity index (χ1v) is 7.41. The molecule has 0 amide bonds. The number of nitrogens with one attached hydrogen (secondary N) is 1. The SMILES string of the molecule is CCCNCC(CCC(C)C)c1ccccc1C. The van der Waals surface area contributed by atoms with Gasteiger partial charge in [0.25, 0.3) is 0 Å². The number of aryl methyl sites for hydroxylation is 1. The smallest absolute Gasteiger partial charge is 0.00202 e. The molecule has 102 valence electrons. The fourth-order valence-corrected chi connectivity index (χ4v) is 2.40. The van der Waals surface area contributed by atoms with Gasteiger partial charge in [-0.3, -0.25) is 0 Å². The molecule has 1 atom stereocenters. The van der Waals surface area contributed by atoms with Crippen molar-refractivity contribution in [3.63, 3.8) is 0 Å². The van der Waals surface area contributed by atoms with Crippen molar-refractivity contribution in [3.05, 3.63) is 35.4 Å². The summed E-state index contributed by atoms with van der Waals surface area (Å²) >= 11 is 0. The van der Waals surface area contributed by atoms with Crippen LogP contribution in [0.1, 0.15) is 57.1 Å². The second-order valence-corrected chi connectivity index (χ2v) is 5.73. The van der Waals surface area contributed by atoms with Crippen molar-refractivity contribution in [1.29, 1.82) is 0 Å². The normalized spacial score (nSPS) is 12.9. The largest absolute Gasteiger partial charge is 0.316 e. The number of rotatable bonds is 8. The molecule has 0 aliphatic rings. The third-order valence-electron chi connectivity index (χ3n) is 3.54. The summed E-state index contributed by atoms with van der Waals surface area (Å²) in [5, 5.41) is 3.58. The van der Waals surface area contributed by atoms with E-state index in [1.54, 1.807) is 0 Å². The van der Waals surface area contributed by atoms with E-state index in [0.29, 0.717) is 5.92 Å². The molecule has 0 heterocycles. The summed E-state index contributed by atoms with van der Waals surface area (Å²) in [5.41, 5.74) is 2.96. The van der Waals surface area contributed by atoms with Gasteiger partial charge in [-0.25, -0.2) is 0 Å². The van der Waals surface area contributed by atoms with Gasteiger partial charge in [0.05, 0.1) is 0 Å². The van der Waals surface area contributed by atoms with Crippen LogP contribution >= 0.6 is 0 Å². The molecule has 0 aliphatic carbocycles. The molecular weight excluding hydrogens is 218 g/mol. The van der Waals surface area contributed by atoms with Gasteiger partial charge in [0.2, 0.25) is 0 Å². The van der Waals surface area contributed by atoms with Gasteiger partial charge in [-0.2, -0.15) is 0 Å². The third-order valence-corrected chi connectivity index (χ3v) is 3.54. The molecule has 0 radical (unpaired) electrons. The van der Waals surface area contributed by atoms with Crippen molar-refractivity contribution in [2.75, 3.05) is 13.1 Å². The maximum Gasteiger partial charge on any atom is 0.00202 e. The molecule has 1 rings (SSSR count). The summed E-state index contributed by atoms with van der Waals surface area (Å²) < 4.78 is 0. The zero-order chi connectivity index (χ0) is 13.4. The maximum absolute atomic E-state index is 3.58. The van der Waals surface area contributed by atoms with E-state index in [9.17, 15) is 0 Å². The van der Waals surface area contributed by atoms with E-state index >= 15 is 0 Å². The highest BCUT2D eigenvalue weighted by molar-refractivity contribution is 5.29. The summed E-state index contributed by atoms with van der Waals surface area (Å²) in [6.45, 7) is 11.3. The first-order valence-electron chi connectivity index (χ1n) is 7.41. The Labute approximate surface area is 113 Å². The fourth-order valence-electron chi connectivity index (χ4n) is 2.40. The molecule has 0 saturated carbocycles.